The molecule has 0 atom stereocenters. The van der Waals surface area contributed by atoms with Crippen molar-refractivity contribution in [2.75, 3.05) is 11.0 Å². The first kappa shape index (κ1) is 10.8. The van der Waals surface area contributed by atoms with Crippen molar-refractivity contribution in [1.29, 1.82) is 0 Å². The van der Waals surface area contributed by atoms with Gasteiger partial charge in [0.25, 0.3) is 0 Å². The lowest BCUT2D eigenvalue weighted by atomic mass is 10.1. The molecule has 0 aromatic heterocycles. The molecule has 0 saturated carbocycles. The number of carbonyl (C=O) groups is 1. The van der Waals surface area contributed by atoms with Crippen LogP contribution in [0.2, 0.25) is 0 Å². The summed E-state index contributed by atoms with van der Waals surface area (Å²) in [7, 11) is 0. The van der Waals surface area contributed by atoms with Gasteiger partial charge in [-0.25, -0.2) is 0 Å². The highest BCUT2D eigenvalue weighted by atomic mass is 127. The quantitative estimate of drug-likeness (QED) is 0.469. The van der Waals surface area contributed by atoms with E-state index in [0.29, 0.717) is 4.43 Å². The van der Waals surface area contributed by atoms with Gasteiger partial charge in [0.15, 0.2) is 0 Å². The van der Waals surface area contributed by atoms with Crippen LogP contribution in [0.5, 0.6) is 0 Å². The van der Waals surface area contributed by atoms with E-state index < -0.39 is 0 Å². The Bertz CT molecular complexity index is 233. The maximum absolute atomic E-state index is 10.9. The Morgan fingerprint density at radius 3 is 3.08 bits per heavy atom. The molecule has 0 aromatic carbocycles. The summed E-state index contributed by atoms with van der Waals surface area (Å²) in [6, 6.07) is 0. The molecule has 1 aliphatic rings. The maximum atomic E-state index is 10.9. The van der Waals surface area contributed by atoms with Crippen LogP contribution in [0.15, 0.2) is 23.8 Å². The Labute approximate surface area is 92.6 Å². The Hall–Kier alpha value is -0.320. The second kappa shape index (κ2) is 6.18. The van der Waals surface area contributed by atoms with Crippen LogP contribution in [-0.2, 0) is 4.79 Å². The zero-order valence-electron chi connectivity index (χ0n) is 7.55. The average Bonchev–Trinajstić information content (AvgIpc) is 2.64. The molecule has 0 radical (unpaired) electrons. The summed E-state index contributed by atoms with van der Waals surface area (Å²) in [6.07, 6.45) is 9.68. The van der Waals surface area contributed by atoms with Gasteiger partial charge in [-0.05, 0) is 19.3 Å². The predicted octanol–water partition coefficient (Wildman–Crippen LogP) is 2.20. The first-order valence-corrected chi connectivity index (χ1v) is 6.02. The first-order chi connectivity index (χ1) is 6.33. The largest absolute Gasteiger partial charge is 0.355 e. The fraction of sp³-hybridized carbons (Fsp3) is 0.500. The van der Waals surface area contributed by atoms with Crippen molar-refractivity contribution in [1.82, 2.24) is 5.32 Å². The van der Waals surface area contributed by atoms with Crippen LogP contribution in [0.25, 0.3) is 0 Å². The summed E-state index contributed by atoms with van der Waals surface area (Å²) in [5.74, 6) is 0.138. The minimum atomic E-state index is 0.138. The number of nitrogens with one attached hydrogen (secondary N) is 1. The smallest absolute Gasteiger partial charge is 0.229 e. The number of allylic oxidation sites excluding steroid dienone is 4. The molecular formula is C10H14INO. The molecule has 1 aliphatic carbocycles. The number of rotatable bonds is 5. The van der Waals surface area contributed by atoms with E-state index in [9.17, 15) is 4.79 Å². The van der Waals surface area contributed by atoms with Crippen LogP contribution >= 0.6 is 22.6 Å². The van der Waals surface area contributed by atoms with Gasteiger partial charge < -0.3 is 5.32 Å². The van der Waals surface area contributed by atoms with Gasteiger partial charge in [0.2, 0.25) is 5.91 Å². The van der Waals surface area contributed by atoms with Gasteiger partial charge in [0, 0.05) is 6.54 Å². The minimum absolute atomic E-state index is 0.138. The fourth-order valence-electron chi connectivity index (χ4n) is 1.27. The molecule has 72 valence electrons. The Morgan fingerprint density at radius 1 is 1.62 bits per heavy atom. The molecule has 0 heterocycles. The van der Waals surface area contributed by atoms with E-state index in [1.807, 2.05) is 0 Å². The lowest BCUT2D eigenvalue weighted by Crippen LogP contribution is -2.25. The Morgan fingerprint density at radius 2 is 2.46 bits per heavy atom. The minimum Gasteiger partial charge on any atom is -0.355 e. The van der Waals surface area contributed by atoms with Crippen molar-refractivity contribution in [3.05, 3.63) is 23.8 Å². The summed E-state index contributed by atoms with van der Waals surface area (Å²) in [4.78, 5) is 10.9. The topological polar surface area (TPSA) is 29.1 Å². The van der Waals surface area contributed by atoms with Crippen LogP contribution in [0.4, 0.5) is 0 Å². The molecule has 0 saturated heterocycles. The lowest BCUT2D eigenvalue weighted by Gasteiger charge is -2.03. The standard InChI is InChI=1S/C10H14INO/c11-8-10(13)12-7-3-6-9-4-1-2-5-9/h1-2,4H,3,5-8H2,(H,12,13). The van der Waals surface area contributed by atoms with Gasteiger partial charge in [0.1, 0.15) is 0 Å². The average molecular weight is 291 g/mol. The van der Waals surface area contributed by atoms with E-state index in [0.717, 1.165) is 25.8 Å². The molecule has 1 N–H and O–H groups in total. The molecule has 2 nitrogen and oxygen atoms in total. The second-order valence-electron chi connectivity index (χ2n) is 3.04. The van der Waals surface area contributed by atoms with Gasteiger partial charge in [-0.2, -0.15) is 0 Å². The molecule has 3 heteroatoms. The van der Waals surface area contributed by atoms with Crippen molar-refractivity contribution in [2.45, 2.75) is 19.3 Å². The molecule has 0 unspecified atom stereocenters. The predicted molar refractivity (Wildman–Crippen MR) is 63.0 cm³/mol. The summed E-state index contributed by atoms with van der Waals surface area (Å²) in [5.41, 5.74) is 1.48. The van der Waals surface area contributed by atoms with Crippen molar-refractivity contribution >= 4 is 28.5 Å². The van der Waals surface area contributed by atoms with Crippen LogP contribution in [0.1, 0.15) is 19.3 Å². The summed E-state index contributed by atoms with van der Waals surface area (Å²) in [6.45, 7) is 0.805. The van der Waals surface area contributed by atoms with E-state index in [-0.39, 0.29) is 5.91 Å². The number of carbonyl (C=O) groups excluding carboxylic acids is 1. The lowest BCUT2D eigenvalue weighted by molar-refractivity contribution is -0.118. The third-order valence-corrected chi connectivity index (χ3v) is 2.66. The van der Waals surface area contributed by atoms with Gasteiger partial charge in [-0.15, -0.1) is 0 Å². The van der Waals surface area contributed by atoms with Crippen molar-refractivity contribution < 1.29 is 4.79 Å². The molecule has 1 amide bonds. The van der Waals surface area contributed by atoms with Crippen LogP contribution in [-0.4, -0.2) is 16.9 Å². The van der Waals surface area contributed by atoms with Crippen molar-refractivity contribution in [3.63, 3.8) is 0 Å². The highest BCUT2D eigenvalue weighted by Gasteiger charge is 2.00. The molecule has 0 spiro atoms. The zero-order valence-corrected chi connectivity index (χ0v) is 9.71. The molecule has 0 aliphatic heterocycles. The third kappa shape index (κ3) is 4.45. The number of hydrogen-bond donors (Lipinski definition) is 1. The summed E-state index contributed by atoms with van der Waals surface area (Å²) >= 11 is 2.07. The highest BCUT2D eigenvalue weighted by molar-refractivity contribution is 14.1. The van der Waals surface area contributed by atoms with Crippen molar-refractivity contribution in [3.8, 4) is 0 Å². The fourth-order valence-corrected chi connectivity index (χ4v) is 1.54. The SMILES string of the molecule is O=C(CI)NCCCC1=CC=CC1. The normalized spacial score (nSPS) is 14.4. The van der Waals surface area contributed by atoms with Gasteiger partial charge in [0.05, 0.1) is 4.43 Å². The van der Waals surface area contributed by atoms with Gasteiger partial charge >= 0.3 is 0 Å². The first-order valence-electron chi connectivity index (χ1n) is 4.50. The maximum Gasteiger partial charge on any atom is 0.229 e. The Kier molecular flexibility index (Phi) is 5.12. The zero-order chi connectivity index (χ0) is 9.52. The highest BCUT2D eigenvalue weighted by Crippen LogP contribution is 2.15. The van der Waals surface area contributed by atoms with Crippen LogP contribution < -0.4 is 5.32 Å². The van der Waals surface area contributed by atoms with Crippen LogP contribution in [0.3, 0.4) is 0 Å². The molecule has 0 aromatic rings. The van der Waals surface area contributed by atoms with E-state index >= 15 is 0 Å². The monoisotopic (exact) mass is 291 g/mol. The van der Waals surface area contributed by atoms with E-state index in [4.69, 9.17) is 0 Å². The number of halogens is 1. The summed E-state index contributed by atoms with van der Waals surface area (Å²) < 4.78 is 0.558. The molecular weight excluding hydrogens is 277 g/mol. The van der Waals surface area contributed by atoms with Gasteiger partial charge in [-0.1, -0.05) is 46.4 Å². The summed E-state index contributed by atoms with van der Waals surface area (Å²) in [5, 5.41) is 2.86. The van der Waals surface area contributed by atoms with E-state index in [2.05, 4.69) is 46.1 Å². The second-order valence-corrected chi connectivity index (χ2v) is 3.81. The van der Waals surface area contributed by atoms with Gasteiger partial charge in [-0.3, -0.25) is 4.79 Å². The van der Waals surface area contributed by atoms with E-state index in [1.54, 1.807) is 0 Å². The molecule has 1 rings (SSSR count). The number of hydrogen-bond acceptors (Lipinski definition) is 1. The Balaban J connectivity index is 1.98. The van der Waals surface area contributed by atoms with E-state index in [1.165, 1.54) is 5.57 Å². The number of amides is 1. The third-order valence-electron chi connectivity index (χ3n) is 1.97. The molecule has 13 heavy (non-hydrogen) atoms. The number of alkyl halides is 1. The van der Waals surface area contributed by atoms with Crippen molar-refractivity contribution in [2.24, 2.45) is 0 Å². The molecule has 0 bridgehead atoms. The van der Waals surface area contributed by atoms with Crippen LogP contribution in [0, 0.1) is 0 Å². The molecule has 0 fully saturated rings.